The number of hydrogen-bond acceptors (Lipinski definition) is 6. The van der Waals surface area contributed by atoms with E-state index in [-0.39, 0.29) is 21.7 Å². The van der Waals surface area contributed by atoms with E-state index in [4.69, 9.17) is 10.2 Å². The second-order valence-corrected chi connectivity index (χ2v) is 24.7. The molecule has 4 nitrogen and oxygen atoms in total. The van der Waals surface area contributed by atoms with Crippen molar-refractivity contribution in [1.82, 2.24) is 10.2 Å². The van der Waals surface area contributed by atoms with Crippen LogP contribution in [0.15, 0.2) is 153 Å². The summed E-state index contributed by atoms with van der Waals surface area (Å²) < 4.78 is 0. The van der Waals surface area contributed by atoms with E-state index >= 15 is 0 Å². The molecule has 0 radical (unpaired) electrons. The van der Waals surface area contributed by atoms with Crippen LogP contribution in [0.5, 0.6) is 0 Å². The van der Waals surface area contributed by atoms with Gasteiger partial charge in [0, 0.05) is 41.7 Å². The van der Waals surface area contributed by atoms with Crippen molar-refractivity contribution >= 4 is 101 Å². The summed E-state index contributed by atoms with van der Waals surface area (Å²) in [6.45, 7) is 27.6. The van der Waals surface area contributed by atoms with Crippen molar-refractivity contribution in [2.45, 2.75) is 124 Å². The molecular weight excluding hydrogens is 841 g/mol. The lowest BCUT2D eigenvalue weighted by Gasteiger charge is -2.35. The molecule has 0 unspecified atom stereocenters. The Kier molecular flexibility index (Phi) is 9.62. The fraction of sp³-hybridized carbons (Fsp3) is 0.267. The van der Waals surface area contributed by atoms with Gasteiger partial charge in [-0.05, 0) is 150 Å². The van der Waals surface area contributed by atoms with Gasteiger partial charge in [-0.25, -0.2) is 0 Å². The maximum atomic E-state index is 4.81. The van der Waals surface area contributed by atoms with Gasteiger partial charge in [0.15, 0.2) is 0 Å². The number of fused-ring (bicyclic) bond motifs is 11. The SMILES string of the molecule is CC(C)(C)c1ccc2c(c1)Sc1cc(C(C)(C)C)ccc1N2c1ccc2c(ccc3nnc4ccc5cc(N6c7ccc(C(C)(C)C)cc7Sc7cc(C(C)(C)C)ccc76)ccc5c4c32)c1. The molecule has 0 amide bonds. The van der Waals surface area contributed by atoms with Crippen LogP contribution < -0.4 is 9.80 Å². The predicted molar refractivity (Wildman–Crippen MR) is 284 cm³/mol. The number of aromatic nitrogens is 2. The van der Waals surface area contributed by atoms with Gasteiger partial charge in [0.2, 0.25) is 0 Å². The van der Waals surface area contributed by atoms with E-state index in [0.29, 0.717) is 0 Å². The Bertz CT molecular complexity index is 3130. The highest BCUT2D eigenvalue weighted by Gasteiger charge is 2.31. The van der Waals surface area contributed by atoms with Crippen LogP contribution in [0.25, 0.3) is 43.4 Å². The monoisotopic (exact) mass is 898 g/mol. The van der Waals surface area contributed by atoms with Gasteiger partial charge in [0.25, 0.3) is 0 Å². The van der Waals surface area contributed by atoms with E-state index in [0.717, 1.165) is 33.2 Å². The number of anilines is 6. The van der Waals surface area contributed by atoms with E-state index in [1.54, 1.807) is 0 Å². The Hall–Kier alpha value is -5.82. The molecule has 11 rings (SSSR count). The predicted octanol–water partition coefficient (Wildman–Crippen LogP) is 18.1. The first-order chi connectivity index (χ1) is 31.2. The standard InChI is InChI=1S/C60H58N4S2/c1-57(2,3)37-15-25-47-51(31-37)65-52-32-38(58(4,5)6)16-26-48(52)63(47)41-19-21-43-35(29-41)13-23-45-55(43)56-44-22-20-42(30-36(44)14-24-46(56)62-61-45)64-49-27-17-39(59(7,8)9)33-53(49)66-54-34-40(60(10,11)12)18-28-50(54)64/h13-34H,1-12H3. The van der Waals surface area contributed by atoms with Crippen LogP contribution in [0.4, 0.5) is 34.1 Å². The molecular formula is C60H58N4S2. The average Bonchev–Trinajstić information content (AvgIpc) is 3.27. The lowest BCUT2D eigenvalue weighted by molar-refractivity contribution is 0.587. The Morgan fingerprint density at radius 2 is 0.636 bits per heavy atom. The highest BCUT2D eigenvalue weighted by molar-refractivity contribution is 8.00. The molecule has 0 atom stereocenters. The van der Waals surface area contributed by atoms with Crippen molar-refractivity contribution in [2.24, 2.45) is 0 Å². The summed E-state index contributed by atoms with van der Waals surface area (Å²) in [7, 11) is 0. The van der Waals surface area contributed by atoms with E-state index in [2.05, 4.69) is 226 Å². The first-order valence-electron chi connectivity index (χ1n) is 23.3. The second-order valence-electron chi connectivity index (χ2n) is 22.5. The third kappa shape index (κ3) is 7.14. The van der Waals surface area contributed by atoms with Crippen molar-refractivity contribution in [2.75, 3.05) is 9.80 Å². The topological polar surface area (TPSA) is 32.3 Å². The zero-order valence-electron chi connectivity index (χ0n) is 40.3. The maximum absolute atomic E-state index is 4.81. The third-order valence-corrected chi connectivity index (χ3v) is 15.9. The summed E-state index contributed by atoms with van der Waals surface area (Å²) in [6.07, 6.45) is 0. The summed E-state index contributed by atoms with van der Waals surface area (Å²) in [5.74, 6) is 0. The number of rotatable bonds is 2. The zero-order valence-corrected chi connectivity index (χ0v) is 41.9. The average molecular weight is 899 g/mol. The lowest BCUT2D eigenvalue weighted by atomic mass is 9.86. The Morgan fingerprint density at radius 3 is 0.924 bits per heavy atom. The fourth-order valence-electron chi connectivity index (χ4n) is 9.73. The molecule has 0 N–H and O–H groups in total. The zero-order chi connectivity index (χ0) is 46.2. The molecule has 2 aliphatic rings. The molecule has 0 bridgehead atoms. The van der Waals surface area contributed by atoms with Crippen LogP contribution in [0, 0.1) is 0 Å². The molecule has 9 aromatic rings. The first kappa shape index (κ1) is 42.8. The highest BCUT2D eigenvalue weighted by Crippen LogP contribution is 2.55. The summed E-state index contributed by atoms with van der Waals surface area (Å²) >= 11 is 3.79. The summed E-state index contributed by atoms with van der Waals surface area (Å²) in [4.78, 5) is 10.1. The van der Waals surface area contributed by atoms with Gasteiger partial charge in [-0.15, -0.1) is 10.2 Å². The molecule has 6 heteroatoms. The van der Waals surface area contributed by atoms with E-state index in [1.165, 1.54) is 86.1 Å². The second kappa shape index (κ2) is 14.8. The summed E-state index contributed by atoms with van der Waals surface area (Å²) in [6, 6.07) is 50.8. The lowest BCUT2D eigenvalue weighted by Crippen LogP contribution is -2.18. The molecule has 0 saturated carbocycles. The molecule has 66 heavy (non-hydrogen) atoms. The van der Waals surface area contributed by atoms with Gasteiger partial charge >= 0.3 is 0 Å². The van der Waals surface area contributed by atoms with E-state index in [9.17, 15) is 0 Å². The molecule has 8 aromatic carbocycles. The normalized spacial score (nSPS) is 14.2. The summed E-state index contributed by atoms with van der Waals surface area (Å²) in [5, 5.41) is 16.6. The van der Waals surface area contributed by atoms with E-state index in [1.807, 2.05) is 23.5 Å². The van der Waals surface area contributed by atoms with Gasteiger partial charge in [-0.2, -0.15) is 0 Å². The summed E-state index contributed by atoms with van der Waals surface area (Å²) in [5.41, 5.74) is 14.5. The quantitative estimate of drug-likeness (QED) is 0.161. The van der Waals surface area contributed by atoms with Crippen LogP contribution in [0.2, 0.25) is 0 Å². The van der Waals surface area contributed by atoms with Crippen LogP contribution in [0.1, 0.15) is 105 Å². The smallest absolute Gasteiger partial charge is 0.0942 e. The molecule has 330 valence electrons. The van der Waals surface area contributed by atoms with Crippen molar-refractivity contribution in [3.05, 3.63) is 156 Å². The van der Waals surface area contributed by atoms with Gasteiger partial charge in [0.1, 0.15) is 0 Å². The molecule has 1 aromatic heterocycles. The Morgan fingerprint density at radius 1 is 0.333 bits per heavy atom. The van der Waals surface area contributed by atoms with Crippen molar-refractivity contribution in [1.29, 1.82) is 0 Å². The van der Waals surface area contributed by atoms with Gasteiger partial charge < -0.3 is 9.80 Å². The molecule has 2 aliphatic heterocycles. The minimum Gasteiger partial charge on any atom is -0.308 e. The Labute approximate surface area is 398 Å². The highest BCUT2D eigenvalue weighted by atomic mass is 32.2. The number of hydrogen-bond donors (Lipinski definition) is 0. The maximum Gasteiger partial charge on any atom is 0.0942 e. The van der Waals surface area contributed by atoms with E-state index < -0.39 is 0 Å². The minimum atomic E-state index is 0.0475. The third-order valence-electron chi connectivity index (χ3n) is 13.7. The fourth-order valence-corrected chi connectivity index (χ4v) is 12.0. The molecule has 0 aliphatic carbocycles. The van der Waals surface area contributed by atoms with Crippen LogP contribution in [-0.2, 0) is 21.7 Å². The van der Waals surface area contributed by atoms with Crippen molar-refractivity contribution in [3.8, 4) is 0 Å². The van der Waals surface area contributed by atoms with Gasteiger partial charge in [-0.3, -0.25) is 0 Å². The molecule has 0 saturated heterocycles. The van der Waals surface area contributed by atoms with Crippen molar-refractivity contribution in [3.63, 3.8) is 0 Å². The van der Waals surface area contributed by atoms with Crippen LogP contribution >= 0.6 is 23.5 Å². The first-order valence-corrected chi connectivity index (χ1v) is 24.9. The van der Waals surface area contributed by atoms with Crippen LogP contribution in [0.3, 0.4) is 0 Å². The van der Waals surface area contributed by atoms with Gasteiger partial charge in [0.05, 0.1) is 33.8 Å². The largest absolute Gasteiger partial charge is 0.308 e. The molecule has 0 fully saturated rings. The van der Waals surface area contributed by atoms with Gasteiger partial charge in [-0.1, -0.05) is 155 Å². The van der Waals surface area contributed by atoms with Crippen LogP contribution in [-0.4, -0.2) is 10.2 Å². The minimum absolute atomic E-state index is 0.0475. The Balaban J connectivity index is 1.07. The number of benzene rings is 8. The van der Waals surface area contributed by atoms with Crippen molar-refractivity contribution < 1.29 is 0 Å². The number of nitrogens with zero attached hydrogens (tertiary/aromatic N) is 4. The molecule has 0 spiro atoms. The molecule has 3 heterocycles.